The Morgan fingerprint density at radius 1 is 1.04 bits per heavy atom. The number of nitrogens with one attached hydrogen (secondary N) is 2. The maximum absolute atomic E-state index is 14.1. The zero-order valence-corrected chi connectivity index (χ0v) is 28.4. The molecule has 5 rings (SSSR count). The maximum atomic E-state index is 14.1. The van der Waals surface area contributed by atoms with Gasteiger partial charge < -0.3 is 30.2 Å². The van der Waals surface area contributed by atoms with Crippen LogP contribution in [0.25, 0.3) is 11.1 Å². The molecule has 2 aliphatic heterocycles. The van der Waals surface area contributed by atoms with E-state index >= 15 is 0 Å². The number of hydrogen-bond donors (Lipinski definition) is 3. The van der Waals surface area contributed by atoms with Crippen molar-refractivity contribution in [2.45, 2.75) is 83.8 Å². The van der Waals surface area contributed by atoms with Crippen molar-refractivity contribution in [3.8, 4) is 11.1 Å². The molecule has 0 radical (unpaired) electrons. The van der Waals surface area contributed by atoms with Gasteiger partial charge in [0.15, 0.2) is 6.35 Å². The van der Waals surface area contributed by atoms with E-state index < -0.39 is 60.7 Å². The number of benzene rings is 2. The van der Waals surface area contributed by atoms with Gasteiger partial charge in [-0.25, -0.2) is 9.29 Å². The maximum Gasteiger partial charge on any atom is 0.408 e. The molecule has 12 nitrogen and oxygen atoms in total. The molecular formula is C34H43F4N7O5. The first-order valence-corrected chi connectivity index (χ1v) is 16.5. The fourth-order valence-electron chi connectivity index (χ4n) is 6.58. The van der Waals surface area contributed by atoms with E-state index in [9.17, 15) is 27.2 Å². The number of aromatic nitrogens is 2. The number of halogens is 4. The number of carbonyl (C=O) groups excluding carboxylic acids is 2. The highest BCUT2D eigenvalue weighted by atomic mass is 19.4. The minimum absolute atomic E-state index is 0.0743. The van der Waals surface area contributed by atoms with Crippen LogP contribution >= 0.6 is 0 Å². The van der Waals surface area contributed by atoms with Gasteiger partial charge in [0.25, 0.3) is 0 Å². The molecule has 50 heavy (non-hydrogen) atoms. The van der Waals surface area contributed by atoms with Gasteiger partial charge in [-0.1, -0.05) is 24.3 Å². The summed E-state index contributed by atoms with van der Waals surface area (Å²) in [5.74, 6) is -1.88. The van der Waals surface area contributed by atoms with Gasteiger partial charge in [-0.15, -0.1) is 0 Å². The fraction of sp³-hybridized carbons (Fsp3) is 0.500. The summed E-state index contributed by atoms with van der Waals surface area (Å²) < 4.78 is 76.0. The zero-order valence-electron chi connectivity index (χ0n) is 28.4. The summed E-state index contributed by atoms with van der Waals surface area (Å²) in [5, 5.41) is 11.2. The van der Waals surface area contributed by atoms with Crippen molar-refractivity contribution < 1.29 is 41.4 Å². The first-order chi connectivity index (χ1) is 23.8. The second-order valence-electron chi connectivity index (χ2n) is 12.2. The SMILES string of the molecule is CCOC1CC2(NC(OCC)N(CC(=O)N(Cc3ccc(F)cc3)[C@@H](C)C(F)(F)F)C2OCC)c2ccc(-c3cnn(CC(N)=O)c3)cc2N1. The molecule has 16 heteroatoms. The van der Waals surface area contributed by atoms with Crippen LogP contribution in [0.5, 0.6) is 0 Å². The zero-order chi connectivity index (χ0) is 36.2. The lowest BCUT2D eigenvalue weighted by Crippen LogP contribution is -2.56. The standard InChI is InChI=1S/C34H43F4N7O5/c1-5-48-29-15-33(26-13-10-23(14-27(26)41-29)24-16-40-43(18-24)19-28(39)46)31(49-6-2)45(32(42-33)50-7-3)20-30(47)44(21(4)34(36,37)38)17-22-8-11-25(35)12-9-22/h8-14,16,18,21,29,31-32,41-42H,5-7,15,17,19-20H2,1-4H3,(H2,39,46)/t21-,29?,31?,32?,33?/m0/s1. The van der Waals surface area contributed by atoms with E-state index in [-0.39, 0.29) is 26.3 Å². The number of carbonyl (C=O) groups is 2. The molecule has 4 unspecified atom stereocenters. The van der Waals surface area contributed by atoms with Crippen LogP contribution in [0.2, 0.25) is 0 Å². The van der Waals surface area contributed by atoms with Gasteiger partial charge in [-0.05, 0) is 62.6 Å². The Labute approximate surface area is 287 Å². The summed E-state index contributed by atoms with van der Waals surface area (Å²) >= 11 is 0. The number of hydrogen-bond acceptors (Lipinski definition) is 9. The third kappa shape index (κ3) is 7.94. The number of primary amides is 1. The Balaban J connectivity index is 1.53. The highest BCUT2D eigenvalue weighted by molar-refractivity contribution is 5.79. The van der Waals surface area contributed by atoms with E-state index in [4.69, 9.17) is 19.9 Å². The third-order valence-electron chi connectivity index (χ3n) is 8.88. The van der Waals surface area contributed by atoms with Gasteiger partial charge in [-0.2, -0.15) is 18.3 Å². The van der Waals surface area contributed by atoms with Gasteiger partial charge in [0, 0.05) is 50.2 Å². The van der Waals surface area contributed by atoms with E-state index in [0.717, 1.165) is 40.6 Å². The Hall–Kier alpha value is -4.09. The summed E-state index contributed by atoms with van der Waals surface area (Å²) in [6.45, 7) is 6.24. The van der Waals surface area contributed by atoms with Crippen LogP contribution in [0.15, 0.2) is 54.9 Å². The number of rotatable bonds is 14. The molecular weight excluding hydrogens is 662 g/mol. The van der Waals surface area contributed by atoms with Crippen LogP contribution in [0.3, 0.4) is 0 Å². The highest BCUT2D eigenvalue weighted by Crippen LogP contribution is 2.47. The lowest BCUT2D eigenvalue weighted by atomic mass is 9.80. The van der Waals surface area contributed by atoms with Crippen LogP contribution in [0.4, 0.5) is 23.2 Å². The summed E-state index contributed by atoms with van der Waals surface area (Å²) in [6, 6.07) is 8.57. The predicted molar refractivity (Wildman–Crippen MR) is 175 cm³/mol. The minimum atomic E-state index is -4.72. The van der Waals surface area contributed by atoms with Gasteiger partial charge in [0.2, 0.25) is 11.8 Å². The van der Waals surface area contributed by atoms with Crippen molar-refractivity contribution in [3.63, 3.8) is 0 Å². The molecule has 272 valence electrons. The van der Waals surface area contributed by atoms with Crippen LogP contribution in [0.1, 0.15) is 45.2 Å². The second kappa shape index (κ2) is 15.4. The first kappa shape index (κ1) is 37.2. The van der Waals surface area contributed by atoms with Crippen LogP contribution in [-0.4, -0.2) is 88.8 Å². The van der Waals surface area contributed by atoms with Crippen molar-refractivity contribution in [3.05, 3.63) is 71.8 Å². The third-order valence-corrected chi connectivity index (χ3v) is 8.88. The van der Waals surface area contributed by atoms with Crippen molar-refractivity contribution in [1.29, 1.82) is 0 Å². The molecule has 1 spiro atoms. The van der Waals surface area contributed by atoms with Gasteiger partial charge in [-0.3, -0.25) is 19.6 Å². The largest absolute Gasteiger partial charge is 0.408 e. The summed E-state index contributed by atoms with van der Waals surface area (Å²) in [5.41, 5.74) is 7.63. The number of alkyl halides is 3. The molecule has 0 aliphatic carbocycles. The van der Waals surface area contributed by atoms with Crippen molar-refractivity contribution in [1.82, 2.24) is 24.9 Å². The smallest absolute Gasteiger partial charge is 0.368 e. The molecule has 2 aromatic carbocycles. The van der Waals surface area contributed by atoms with Gasteiger partial charge in [0.1, 0.15) is 30.9 Å². The Kier molecular flexibility index (Phi) is 11.5. The molecule has 0 saturated carbocycles. The van der Waals surface area contributed by atoms with Crippen LogP contribution in [0, 0.1) is 5.82 Å². The van der Waals surface area contributed by atoms with E-state index in [0.29, 0.717) is 24.3 Å². The van der Waals surface area contributed by atoms with Crippen molar-refractivity contribution in [2.24, 2.45) is 5.73 Å². The summed E-state index contributed by atoms with van der Waals surface area (Å²) in [6.07, 6.45) is -3.39. The normalized spacial score (nSPS) is 22.7. The highest BCUT2D eigenvalue weighted by Gasteiger charge is 2.58. The number of amides is 2. The van der Waals surface area contributed by atoms with E-state index in [1.54, 1.807) is 31.1 Å². The molecule has 1 aromatic heterocycles. The molecule has 5 atom stereocenters. The molecule has 1 fully saturated rings. The number of nitrogens with zero attached hydrogens (tertiary/aromatic N) is 4. The Morgan fingerprint density at radius 2 is 1.74 bits per heavy atom. The number of ether oxygens (including phenoxy) is 3. The number of anilines is 1. The van der Waals surface area contributed by atoms with Gasteiger partial charge in [0.05, 0.1) is 18.3 Å². The van der Waals surface area contributed by atoms with Crippen molar-refractivity contribution >= 4 is 17.5 Å². The lowest BCUT2D eigenvalue weighted by Gasteiger charge is -2.44. The monoisotopic (exact) mass is 705 g/mol. The fourth-order valence-corrected chi connectivity index (χ4v) is 6.58. The quantitative estimate of drug-likeness (QED) is 0.212. The molecule has 0 bridgehead atoms. The summed E-state index contributed by atoms with van der Waals surface area (Å²) in [4.78, 5) is 27.8. The molecule has 3 aromatic rings. The van der Waals surface area contributed by atoms with Crippen LogP contribution < -0.4 is 16.4 Å². The molecule has 1 saturated heterocycles. The number of nitrogens with two attached hydrogens (primary N) is 1. The second-order valence-corrected chi connectivity index (χ2v) is 12.2. The average molecular weight is 706 g/mol. The minimum Gasteiger partial charge on any atom is -0.368 e. The molecule has 2 aliphatic rings. The first-order valence-electron chi connectivity index (χ1n) is 16.5. The number of fused-ring (bicyclic) bond motifs is 2. The van der Waals surface area contributed by atoms with E-state index in [2.05, 4.69) is 15.7 Å². The molecule has 2 amide bonds. The van der Waals surface area contributed by atoms with Crippen molar-refractivity contribution in [2.75, 3.05) is 31.7 Å². The summed E-state index contributed by atoms with van der Waals surface area (Å²) in [7, 11) is 0. The molecule has 3 heterocycles. The van der Waals surface area contributed by atoms with Gasteiger partial charge >= 0.3 is 6.18 Å². The topological polar surface area (TPSA) is 136 Å². The van der Waals surface area contributed by atoms with E-state index in [1.807, 2.05) is 25.1 Å². The van der Waals surface area contributed by atoms with E-state index in [1.165, 1.54) is 16.8 Å². The Morgan fingerprint density at radius 3 is 2.38 bits per heavy atom. The lowest BCUT2D eigenvalue weighted by molar-refractivity contribution is -0.191. The average Bonchev–Trinajstić information content (AvgIpc) is 3.62. The Bertz CT molecular complexity index is 1640. The molecule has 4 N–H and O–H groups in total. The predicted octanol–water partition coefficient (Wildman–Crippen LogP) is 4.12. The van der Waals surface area contributed by atoms with Crippen LogP contribution in [-0.2, 0) is 42.4 Å².